The predicted molar refractivity (Wildman–Crippen MR) is 222 cm³/mol. The molecule has 8 atom stereocenters. The molecule has 3 unspecified atom stereocenters. The van der Waals surface area contributed by atoms with Gasteiger partial charge in [0.1, 0.15) is 43.2 Å². The van der Waals surface area contributed by atoms with Gasteiger partial charge in [-0.2, -0.15) is 0 Å². The van der Waals surface area contributed by atoms with Gasteiger partial charge in [0.25, 0.3) is 0 Å². The largest absolute Gasteiger partial charge is 0.473 e. The molecule has 1 saturated carbocycles. The van der Waals surface area contributed by atoms with Gasteiger partial charge in [0.2, 0.25) is 0 Å². The highest BCUT2D eigenvalue weighted by atomic mass is 31.2. The molecule has 1 aliphatic carbocycles. The maximum atomic E-state index is 12.8. The fraction of sp³-hybridized carbons (Fsp3) is 0.814. The summed E-state index contributed by atoms with van der Waals surface area (Å²) >= 11 is 0. The van der Waals surface area contributed by atoms with Crippen molar-refractivity contribution in [3.8, 4) is 0 Å². The van der Waals surface area contributed by atoms with E-state index in [0.29, 0.717) is 12.8 Å². The van der Waals surface area contributed by atoms with Crippen LogP contribution in [-0.4, -0.2) is 98.3 Å². The molecule has 14 nitrogen and oxygen atoms in total. The molecule has 0 aliphatic heterocycles. The lowest BCUT2D eigenvalue weighted by molar-refractivity contribution is -0.220. The molecule has 338 valence electrons. The van der Waals surface area contributed by atoms with E-state index in [4.69, 9.17) is 23.3 Å². The topological polar surface area (TPSA) is 219 Å². The van der Waals surface area contributed by atoms with Crippen molar-refractivity contribution in [2.75, 3.05) is 13.2 Å². The van der Waals surface area contributed by atoms with Gasteiger partial charge in [-0.1, -0.05) is 129 Å². The Hall–Kier alpha value is -2.13. The quantitative estimate of drug-likeness (QED) is 0.0117. The number of aliphatic hydroxyl groups excluding tert-OH is 5. The number of hydrogen-bond acceptors (Lipinski definition) is 13. The molecule has 58 heavy (non-hydrogen) atoms. The van der Waals surface area contributed by atoms with E-state index >= 15 is 0 Å². The molecule has 0 aromatic rings. The summed E-state index contributed by atoms with van der Waals surface area (Å²) in [6.07, 6.45) is 21.7. The minimum absolute atomic E-state index is 0.0466. The van der Waals surface area contributed by atoms with E-state index in [-0.39, 0.29) is 12.8 Å². The Bertz CT molecular complexity index is 1160. The van der Waals surface area contributed by atoms with Crippen LogP contribution in [0, 0.1) is 0 Å². The van der Waals surface area contributed by atoms with Gasteiger partial charge in [-0.15, -0.1) is 0 Å². The minimum Gasteiger partial charge on any atom is -0.473 e. The van der Waals surface area contributed by atoms with Crippen molar-refractivity contribution < 1.29 is 67.8 Å². The fourth-order valence-corrected chi connectivity index (χ4v) is 7.39. The third-order valence-electron chi connectivity index (χ3n) is 10.0. The molecule has 0 bridgehead atoms. The molecule has 0 radical (unpaired) electrons. The van der Waals surface area contributed by atoms with E-state index in [9.17, 15) is 44.6 Å². The third-order valence-corrected chi connectivity index (χ3v) is 11.0. The van der Waals surface area contributed by atoms with Crippen molar-refractivity contribution in [3.63, 3.8) is 0 Å². The van der Waals surface area contributed by atoms with E-state index in [1.54, 1.807) is 12.5 Å². The summed E-state index contributed by atoms with van der Waals surface area (Å²) in [5.74, 6) is -1.15. The normalized spacial score (nSPS) is 22.8. The maximum Gasteiger partial charge on any atom is 0.472 e. The molecule has 6 N–H and O–H groups in total. The molecule has 0 amide bonds. The first-order valence-electron chi connectivity index (χ1n) is 22.0. The number of carbonyl (C=O) groups excluding carboxylic acids is 2. The number of unbranched alkanes of at least 4 members (excludes halogenated alkanes) is 19. The number of hydrogen-bond donors (Lipinski definition) is 6. The standard InChI is InChI=1S/C43H77O14P/c1-3-5-7-9-11-12-13-14-15-16-17-21-25-29-36(44)54-33-35(34-55-58(51,52)57-43-41(49)39(47)38(46)40(48)42(43)50)56-37(45)30-26-22-18-20-24-28-32-53-31-27-23-19-10-8-6-4-2/h19,23,27-28,31-32,35,38-43,46-50H,3-18,20-22,24-26,29-30,33-34H2,1-2H3,(H,51,52)/b23-19-,31-27+,32-28+/t35-,38?,39-,40+,41-,42-,43?/m1/s1. The predicted octanol–water partition coefficient (Wildman–Crippen LogP) is 7.76. The molecule has 1 fully saturated rings. The first kappa shape index (κ1) is 53.9. The molecule has 0 aromatic heterocycles. The van der Waals surface area contributed by atoms with Crippen molar-refractivity contribution in [2.24, 2.45) is 0 Å². The first-order valence-corrected chi connectivity index (χ1v) is 23.5. The van der Waals surface area contributed by atoms with Gasteiger partial charge in [-0.25, -0.2) is 4.57 Å². The highest BCUT2D eigenvalue weighted by Gasteiger charge is 2.51. The number of carbonyl (C=O) groups is 2. The van der Waals surface area contributed by atoms with Gasteiger partial charge in [0, 0.05) is 12.8 Å². The first-order chi connectivity index (χ1) is 27.9. The summed E-state index contributed by atoms with van der Waals surface area (Å²) in [6.45, 7) is 3.19. The van der Waals surface area contributed by atoms with E-state index in [0.717, 1.165) is 51.4 Å². The summed E-state index contributed by atoms with van der Waals surface area (Å²) in [6, 6.07) is 0. The Morgan fingerprint density at radius 2 is 1.03 bits per heavy atom. The van der Waals surface area contributed by atoms with Gasteiger partial charge in [0.15, 0.2) is 6.10 Å². The number of aliphatic hydroxyl groups is 5. The Morgan fingerprint density at radius 1 is 0.569 bits per heavy atom. The van der Waals surface area contributed by atoms with E-state index < -0.39 is 75.7 Å². The lowest BCUT2D eigenvalue weighted by Crippen LogP contribution is -2.64. The summed E-state index contributed by atoms with van der Waals surface area (Å²) < 4.78 is 38.7. The number of esters is 2. The van der Waals surface area contributed by atoms with E-state index in [2.05, 4.69) is 19.9 Å². The summed E-state index contributed by atoms with van der Waals surface area (Å²) in [7, 11) is -5.13. The van der Waals surface area contributed by atoms with Crippen LogP contribution in [0.15, 0.2) is 36.8 Å². The van der Waals surface area contributed by atoms with Gasteiger partial charge in [-0.3, -0.25) is 18.6 Å². The van der Waals surface area contributed by atoms with Crippen LogP contribution in [0.5, 0.6) is 0 Å². The van der Waals surface area contributed by atoms with E-state index in [1.807, 2.05) is 18.2 Å². The van der Waals surface area contributed by atoms with Crippen LogP contribution in [0.3, 0.4) is 0 Å². The molecular weight excluding hydrogens is 771 g/mol. The molecule has 0 saturated heterocycles. The second kappa shape index (κ2) is 34.6. The van der Waals surface area contributed by atoms with Crippen LogP contribution < -0.4 is 0 Å². The lowest BCUT2D eigenvalue weighted by atomic mass is 9.85. The number of allylic oxidation sites excluding steroid dienone is 4. The van der Waals surface area contributed by atoms with Gasteiger partial charge < -0.3 is 44.6 Å². The van der Waals surface area contributed by atoms with Gasteiger partial charge in [0.05, 0.1) is 19.1 Å². The van der Waals surface area contributed by atoms with Crippen LogP contribution in [0.4, 0.5) is 0 Å². The summed E-state index contributed by atoms with van der Waals surface area (Å²) in [5.41, 5.74) is 0. The zero-order valence-electron chi connectivity index (χ0n) is 35.3. The number of phosphoric acid groups is 1. The van der Waals surface area contributed by atoms with Crippen LogP contribution in [0.1, 0.15) is 168 Å². The minimum atomic E-state index is -5.13. The Balaban J connectivity index is 2.50. The van der Waals surface area contributed by atoms with Crippen molar-refractivity contribution >= 4 is 19.8 Å². The second-order valence-electron chi connectivity index (χ2n) is 15.3. The van der Waals surface area contributed by atoms with Crippen LogP contribution in [0.25, 0.3) is 0 Å². The Morgan fingerprint density at radius 3 is 1.62 bits per heavy atom. The Kier molecular flexibility index (Phi) is 32.1. The van der Waals surface area contributed by atoms with Gasteiger partial charge in [-0.05, 0) is 50.7 Å². The second-order valence-corrected chi connectivity index (χ2v) is 16.7. The number of phosphoric ester groups is 1. The molecule has 15 heteroatoms. The van der Waals surface area contributed by atoms with Crippen LogP contribution in [-0.2, 0) is 37.4 Å². The summed E-state index contributed by atoms with van der Waals surface area (Å²) in [4.78, 5) is 35.6. The SMILES string of the molecule is CCCCC/C=C\C=C\O/C=C/CCCCCCC(=O)O[C@H](COC(=O)CCCCCCCCCCCCCCC)COP(=O)(O)OC1[C@H](O)[C@H](O)C(O)[C@H](O)[C@H]1O. The zero-order chi connectivity index (χ0) is 42.9. The van der Waals surface area contributed by atoms with Crippen molar-refractivity contribution in [1.82, 2.24) is 0 Å². The number of ether oxygens (including phenoxy) is 3. The molecule has 1 rings (SSSR count). The molecule has 0 heterocycles. The molecular formula is C43H77O14P. The fourth-order valence-electron chi connectivity index (χ4n) is 6.42. The molecule has 0 spiro atoms. The zero-order valence-corrected chi connectivity index (χ0v) is 36.2. The van der Waals surface area contributed by atoms with Crippen LogP contribution in [0.2, 0.25) is 0 Å². The number of rotatable bonds is 36. The monoisotopic (exact) mass is 849 g/mol. The molecule has 1 aliphatic rings. The summed E-state index contributed by atoms with van der Waals surface area (Å²) in [5, 5.41) is 50.0. The lowest BCUT2D eigenvalue weighted by Gasteiger charge is -2.41. The molecule has 0 aromatic carbocycles. The average molecular weight is 849 g/mol. The van der Waals surface area contributed by atoms with Gasteiger partial charge >= 0.3 is 19.8 Å². The van der Waals surface area contributed by atoms with E-state index in [1.165, 1.54) is 77.0 Å². The highest BCUT2D eigenvalue weighted by Crippen LogP contribution is 2.47. The van der Waals surface area contributed by atoms with Crippen molar-refractivity contribution in [1.29, 1.82) is 0 Å². The highest BCUT2D eigenvalue weighted by molar-refractivity contribution is 7.47. The average Bonchev–Trinajstić information content (AvgIpc) is 3.20. The maximum absolute atomic E-state index is 12.8. The van der Waals surface area contributed by atoms with Crippen molar-refractivity contribution in [3.05, 3.63) is 36.8 Å². The van der Waals surface area contributed by atoms with Crippen LogP contribution >= 0.6 is 7.82 Å². The van der Waals surface area contributed by atoms with Crippen molar-refractivity contribution in [2.45, 2.75) is 211 Å². The smallest absolute Gasteiger partial charge is 0.472 e. The Labute approximate surface area is 347 Å². The third kappa shape index (κ3) is 26.9.